The third-order valence-electron chi connectivity index (χ3n) is 6.46. The maximum Gasteiger partial charge on any atom is 0.242 e. The van der Waals surface area contributed by atoms with E-state index in [4.69, 9.17) is 9.47 Å². The highest BCUT2D eigenvalue weighted by Gasteiger charge is 2.26. The number of nitrogens with one attached hydrogen (secondary N) is 2. The largest absolute Gasteiger partial charge is 0.454 e. The molecule has 0 aromatic heterocycles. The molecule has 1 atom stereocenters. The van der Waals surface area contributed by atoms with Gasteiger partial charge in [0.05, 0.1) is 4.90 Å². The van der Waals surface area contributed by atoms with Gasteiger partial charge in [-0.3, -0.25) is 9.59 Å². The van der Waals surface area contributed by atoms with Gasteiger partial charge in [0.25, 0.3) is 0 Å². The van der Waals surface area contributed by atoms with Crippen molar-refractivity contribution < 1.29 is 27.5 Å². The van der Waals surface area contributed by atoms with Crippen molar-refractivity contribution in [3.63, 3.8) is 0 Å². The fourth-order valence-electron chi connectivity index (χ4n) is 4.25. The Bertz CT molecular complexity index is 1390. The molecule has 3 aromatic carbocycles. The molecule has 1 aliphatic heterocycles. The molecular formula is C29H33N3O6S. The van der Waals surface area contributed by atoms with Crippen LogP contribution in [0, 0.1) is 0 Å². The van der Waals surface area contributed by atoms with E-state index in [9.17, 15) is 18.0 Å². The quantitative estimate of drug-likeness (QED) is 0.357. The standard InChI is InChI=1S/C29H33N3O6S/c1-3-31-39(35,36)25-13-9-22(10-14-25)12-16-28(33)32(19-23-7-5-4-6-8-23)21(2)29(34)30-18-24-11-15-26-27(17-24)38-20-37-26/h4-11,13-15,17,21,31H,3,12,16,18-20H2,1-2H3,(H,30,34)/t21-/m1/s1. The van der Waals surface area contributed by atoms with Gasteiger partial charge in [0.15, 0.2) is 11.5 Å². The predicted octanol–water partition coefficient (Wildman–Crippen LogP) is 3.38. The first-order valence-corrected chi connectivity index (χ1v) is 14.3. The molecule has 0 saturated carbocycles. The number of benzene rings is 3. The van der Waals surface area contributed by atoms with E-state index in [0.717, 1.165) is 16.7 Å². The van der Waals surface area contributed by atoms with Crippen molar-refractivity contribution in [3.05, 3.63) is 89.5 Å². The van der Waals surface area contributed by atoms with Gasteiger partial charge in [0.2, 0.25) is 28.6 Å². The summed E-state index contributed by atoms with van der Waals surface area (Å²) in [6.45, 7) is 4.50. The van der Waals surface area contributed by atoms with Crippen molar-refractivity contribution >= 4 is 21.8 Å². The van der Waals surface area contributed by atoms with Crippen LogP contribution in [0.4, 0.5) is 0 Å². The number of sulfonamides is 1. The molecule has 1 heterocycles. The average Bonchev–Trinajstić information content (AvgIpc) is 3.42. The third-order valence-corrected chi connectivity index (χ3v) is 8.02. The van der Waals surface area contributed by atoms with Gasteiger partial charge in [0.1, 0.15) is 6.04 Å². The Balaban J connectivity index is 1.41. The number of amides is 2. The molecule has 2 N–H and O–H groups in total. The molecule has 0 radical (unpaired) electrons. The molecule has 1 aliphatic rings. The van der Waals surface area contributed by atoms with Crippen molar-refractivity contribution in [2.45, 2.75) is 50.7 Å². The number of hydrogen-bond donors (Lipinski definition) is 2. The summed E-state index contributed by atoms with van der Waals surface area (Å²) < 4.78 is 37.6. The summed E-state index contributed by atoms with van der Waals surface area (Å²) in [5.41, 5.74) is 2.61. The lowest BCUT2D eigenvalue weighted by Crippen LogP contribution is -2.47. The highest BCUT2D eigenvalue weighted by Crippen LogP contribution is 2.32. The first-order chi connectivity index (χ1) is 18.8. The fraction of sp³-hybridized carbons (Fsp3) is 0.310. The summed E-state index contributed by atoms with van der Waals surface area (Å²) in [5, 5.41) is 2.92. The Morgan fingerprint density at radius 1 is 0.923 bits per heavy atom. The first-order valence-electron chi connectivity index (χ1n) is 12.8. The summed E-state index contributed by atoms with van der Waals surface area (Å²) in [6.07, 6.45) is 0.586. The molecule has 0 fully saturated rings. The zero-order chi connectivity index (χ0) is 27.8. The van der Waals surface area contributed by atoms with Crippen LogP contribution in [-0.4, -0.2) is 44.5 Å². The van der Waals surface area contributed by atoms with Crippen molar-refractivity contribution in [1.29, 1.82) is 0 Å². The normalized spacial score (nSPS) is 13.1. The second-order valence-electron chi connectivity index (χ2n) is 9.23. The Kier molecular flexibility index (Phi) is 9.21. The van der Waals surface area contributed by atoms with Gasteiger partial charge in [-0.2, -0.15) is 0 Å². The van der Waals surface area contributed by atoms with Gasteiger partial charge >= 0.3 is 0 Å². The molecule has 206 valence electrons. The van der Waals surface area contributed by atoms with Crippen molar-refractivity contribution in [1.82, 2.24) is 14.9 Å². The molecule has 4 rings (SSSR count). The number of aryl methyl sites for hydroxylation is 1. The lowest BCUT2D eigenvalue weighted by atomic mass is 10.1. The molecule has 10 heteroatoms. The third kappa shape index (κ3) is 7.36. The van der Waals surface area contributed by atoms with Crippen molar-refractivity contribution in [2.24, 2.45) is 0 Å². The number of rotatable bonds is 12. The molecule has 9 nitrogen and oxygen atoms in total. The van der Waals surface area contributed by atoms with E-state index in [0.29, 0.717) is 24.5 Å². The van der Waals surface area contributed by atoms with Gasteiger partial charge in [-0.1, -0.05) is 55.5 Å². The van der Waals surface area contributed by atoms with E-state index in [1.807, 2.05) is 42.5 Å². The fourth-order valence-corrected chi connectivity index (χ4v) is 5.30. The molecule has 0 spiro atoms. The highest BCUT2D eigenvalue weighted by molar-refractivity contribution is 7.89. The smallest absolute Gasteiger partial charge is 0.242 e. The second-order valence-corrected chi connectivity index (χ2v) is 11.0. The average molecular weight is 552 g/mol. The molecule has 3 aromatic rings. The Morgan fingerprint density at radius 2 is 1.62 bits per heavy atom. The maximum absolute atomic E-state index is 13.4. The van der Waals surface area contributed by atoms with Crippen LogP contribution in [0.1, 0.15) is 37.0 Å². The number of hydrogen-bond acceptors (Lipinski definition) is 6. The highest BCUT2D eigenvalue weighted by atomic mass is 32.2. The van der Waals surface area contributed by atoms with Crippen LogP contribution < -0.4 is 19.5 Å². The predicted molar refractivity (Wildman–Crippen MR) is 146 cm³/mol. The number of ether oxygens (including phenoxy) is 2. The lowest BCUT2D eigenvalue weighted by molar-refractivity contribution is -0.140. The zero-order valence-corrected chi connectivity index (χ0v) is 22.9. The summed E-state index contributed by atoms with van der Waals surface area (Å²) >= 11 is 0. The van der Waals surface area contributed by atoms with Gasteiger partial charge in [-0.15, -0.1) is 0 Å². The second kappa shape index (κ2) is 12.8. The minimum atomic E-state index is -3.54. The van der Waals surface area contributed by atoms with Crippen LogP contribution >= 0.6 is 0 Å². The Labute approximate surface area is 229 Å². The van der Waals surface area contributed by atoms with Crippen LogP contribution in [-0.2, 0) is 39.1 Å². The van der Waals surface area contributed by atoms with Crippen LogP contribution in [0.2, 0.25) is 0 Å². The van der Waals surface area contributed by atoms with Gasteiger partial charge in [0, 0.05) is 26.1 Å². The van der Waals surface area contributed by atoms with Crippen molar-refractivity contribution in [3.8, 4) is 11.5 Å². The van der Waals surface area contributed by atoms with E-state index in [-0.39, 0.29) is 43.0 Å². The molecular weight excluding hydrogens is 518 g/mol. The SMILES string of the molecule is CCNS(=O)(=O)c1ccc(CCC(=O)N(Cc2ccccc2)[C@H](C)C(=O)NCc2ccc3c(c2)OCO3)cc1. The van der Waals surface area contributed by atoms with Gasteiger partial charge in [-0.05, 0) is 54.3 Å². The maximum atomic E-state index is 13.4. The number of nitrogens with zero attached hydrogens (tertiary/aromatic N) is 1. The zero-order valence-electron chi connectivity index (χ0n) is 22.1. The minimum absolute atomic E-state index is 0.172. The van der Waals surface area contributed by atoms with Crippen LogP contribution in [0.15, 0.2) is 77.7 Å². The first kappa shape index (κ1) is 28.1. The number of carbonyl (C=O) groups excluding carboxylic acids is 2. The van der Waals surface area contributed by atoms with Crippen molar-refractivity contribution in [2.75, 3.05) is 13.3 Å². The van der Waals surface area contributed by atoms with E-state index in [1.54, 1.807) is 36.9 Å². The molecule has 0 saturated heterocycles. The molecule has 0 unspecified atom stereocenters. The van der Waals surface area contributed by atoms with E-state index in [2.05, 4.69) is 10.0 Å². The van der Waals surface area contributed by atoms with Crippen LogP contribution in [0.25, 0.3) is 0 Å². The van der Waals surface area contributed by atoms with Crippen LogP contribution in [0.3, 0.4) is 0 Å². The topological polar surface area (TPSA) is 114 Å². The molecule has 0 bridgehead atoms. The summed E-state index contributed by atoms with van der Waals surface area (Å²) in [6, 6.07) is 20.8. The van der Waals surface area contributed by atoms with E-state index >= 15 is 0 Å². The number of carbonyl (C=O) groups is 2. The Hall–Kier alpha value is -3.89. The lowest BCUT2D eigenvalue weighted by Gasteiger charge is -2.29. The van der Waals surface area contributed by atoms with Gasteiger partial charge in [-0.25, -0.2) is 13.1 Å². The molecule has 2 amide bonds. The minimum Gasteiger partial charge on any atom is -0.454 e. The molecule has 0 aliphatic carbocycles. The van der Waals surface area contributed by atoms with Crippen LogP contribution in [0.5, 0.6) is 11.5 Å². The summed E-state index contributed by atoms with van der Waals surface area (Å²) in [5.74, 6) is 0.874. The monoisotopic (exact) mass is 551 g/mol. The number of fused-ring (bicyclic) bond motifs is 1. The van der Waals surface area contributed by atoms with Gasteiger partial charge < -0.3 is 19.7 Å². The summed E-state index contributed by atoms with van der Waals surface area (Å²) in [4.78, 5) is 28.3. The summed E-state index contributed by atoms with van der Waals surface area (Å²) in [7, 11) is -3.54. The van der Waals surface area contributed by atoms with E-state index in [1.165, 1.54) is 12.1 Å². The van der Waals surface area contributed by atoms with E-state index < -0.39 is 16.1 Å². The Morgan fingerprint density at radius 3 is 2.33 bits per heavy atom. The molecule has 39 heavy (non-hydrogen) atoms.